The van der Waals surface area contributed by atoms with Crippen LogP contribution in [0.2, 0.25) is 0 Å². The SMILES string of the molecule is O=C(NOCC1CCCC1)c1ccccc1NCC1CCOCC1. The lowest BCUT2D eigenvalue weighted by molar-refractivity contribution is 0.0172. The third kappa shape index (κ3) is 4.95. The number of para-hydroxylation sites is 1. The summed E-state index contributed by atoms with van der Waals surface area (Å²) in [5.41, 5.74) is 4.11. The molecular formula is C19H28N2O3. The van der Waals surface area contributed by atoms with Crippen molar-refractivity contribution in [3.63, 3.8) is 0 Å². The average molecular weight is 332 g/mol. The Hall–Kier alpha value is -1.59. The molecule has 5 nitrogen and oxygen atoms in total. The number of rotatable bonds is 7. The number of nitrogens with one attached hydrogen (secondary N) is 2. The zero-order chi connectivity index (χ0) is 16.6. The number of carbonyl (C=O) groups is 1. The van der Waals surface area contributed by atoms with E-state index in [9.17, 15) is 4.79 Å². The molecule has 0 spiro atoms. The van der Waals surface area contributed by atoms with E-state index in [2.05, 4.69) is 10.8 Å². The molecule has 0 aromatic heterocycles. The zero-order valence-electron chi connectivity index (χ0n) is 14.3. The molecular weight excluding hydrogens is 304 g/mol. The number of hydroxylamine groups is 1. The molecule has 0 unspecified atom stereocenters. The monoisotopic (exact) mass is 332 g/mol. The highest BCUT2D eigenvalue weighted by molar-refractivity contribution is 5.98. The lowest BCUT2D eigenvalue weighted by Gasteiger charge is -2.23. The summed E-state index contributed by atoms with van der Waals surface area (Å²) in [6.07, 6.45) is 7.12. The Morgan fingerprint density at radius 1 is 1.08 bits per heavy atom. The molecule has 132 valence electrons. The molecule has 1 aliphatic heterocycles. The maximum atomic E-state index is 12.4. The van der Waals surface area contributed by atoms with Crippen molar-refractivity contribution in [2.24, 2.45) is 11.8 Å². The second kappa shape index (κ2) is 9.04. The Labute approximate surface area is 144 Å². The zero-order valence-corrected chi connectivity index (χ0v) is 14.3. The van der Waals surface area contributed by atoms with Gasteiger partial charge < -0.3 is 10.1 Å². The lowest BCUT2D eigenvalue weighted by Crippen LogP contribution is -2.28. The first-order valence-electron chi connectivity index (χ1n) is 9.15. The molecule has 1 saturated carbocycles. The molecule has 0 atom stereocenters. The minimum Gasteiger partial charge on any atom is -0.384 e. The molecule has 0 radical (unpaired) electrons. The first-order valence-corrected chi connectivity index (χ1v) is 9.15. The Kier molecular flexibility index (Phi) is 6.49. The molecule has 1 aromatic rings. The van der Waals surface area contributed by atoms with E-state index in [1.807, 2.05) is 24.3 Å². The summed E-state index contributed by atoms with van der Waals surface area (Å²) in [5.74, 6) is 1.02. The summed E-state index contributed by atoms with van der Waals surface area (Å²) in [7, 11) is 0. The fraction of sp³-hybridized carbons (Fsp3) is 0.632. The Morgan fingerprint density at radius 3 is 2.62 bits per heavy atom. The number of carbonyl (C=O) groups excluding carboxylic acids is 1. The number of benzene rings is 1. The van der Waals surface area contributed by atoms with Crippen LogP contribution in [-0.4, -0.2) is 32.3 Å². The van der Waals surface area contributed by atoms with Crippen LogP contribution in [0.4, 0.5) is 5.69 Å². The summed E-state index contributed by atoms with van der Waals surface area (Å²) in [6.45, 7) is 3.16. The Morgan fingerprint density at radius 2 is 1.83 bits per heavy atom. The van der Waals surface area contributed by atoms with Gasteiger partial charge in [0.2, 0.25) is 0 Å². The van der Waals surface area contributed by atoms with Crippen molar-refractivity contribution >= 4 is 11.6 Å². The average Bonchev–Trinajstić information content (AvgIpc) is 3.14. The van der Waals surface area contributed by atoms with Gasteiger partial charge in [-0.1, -0.05) is 25.0 Å². The first-order chi connectivity index (χ1) is 11.8. The van der Waals surface area contributed by atoms with E-state index in [4.69, 9.17) is 9.57 Å². The van der Waals surface area contributed by atoms with Crippen molar-refractivity contribution in [3.05, 3.63) is 29.8 Å². The fourth-order valence-corrected chi connectivity index (χ4v) is 3.50. The maximum absolute atomic E-state index is 12.4. The van der Waals surface area contributed by atoms with Crippen LogP contribution in [0.3, 0.4) is 0 Å². The van der Waals surface area contributed by atoms with Gasteiger partial charge in [-0.3, -0.25) is 9.63 Å². The van der Waals surface area contributed by atoms with Crippen LogP contribution in [-0.2, 0) is 9.57 Å². The minimum atomic E-state index is -0.178. The molecule has 1 saturated heterocycles. The highest BCUT2D eigenvalue weighted by Crippen LogP contribution is 2.24. The lowest BCUT2D eigenvalue weighted by atomic mass is 10.00. The van der Waals surface area contributed by atoms with Gasteiger partial charge in [0.1, 0.15) is 0 Å². The standard InChI is InChI=1S/C19H28N2O3/c22-19(21-24-14-16-5-1-2-6-16)17-7-3-4-8-18(17)20-13-15-9-11-23-12-10-15/h3-4,7-8,15-16,20H,1-2,5-6,9-14H2,(H,21,22). The molecule has 24 heavy (non-hydrogen) atoms. The third-order valence-corrected chi connectivity index (χ3v) is 5.05. The van der Waals surface area contributed by atoms with Crippen molar-refractivity contribution in [1.82, 2.24) is 5.48 Å². The maximum Gasteiger partial charge on any atom is 0.276 e. The number of hydrogen-bond acceptors (Lipinski definition) is 4. The van der Waals surface area contributed by atoms with Crippen LogP contribution < -0.4 is 10.8 Å². The van der Waals surface area contributed by atoms with Crippen molar-refractivity contribution in [1.29, 1.82) is 0 Å². The molecule has 1 aromatic carbocycles. The van der Waals surface area contributed by atoms with E-state index < -0.39 is 0 Å². The second-order valence-corrected chi connectivity index (χ2v) is 6.87. The summed E-state index contributed by atoms with van der Waals surface area (Å²) < 4.78 is 5.39. The van der Waals surface area contributed by atoms with Crippen molar-refractivity contribution < 1.29 is 14.4 Å². The van der Waals surface area contributed by atoms with Gasteiger partial charge in [-0.2, -0.15) is 0 Å². The predicted octanol–water partition coefficient (Wildman–Crippen LogP) is 3.38. The molecule has 2 fully saturated rings. The van der Waals surface area contributed by atoms with Crippen molar-refractivity contribution in [2.75, 3.05) is 31.7 Å². The van der Waals surface area contributed by atoms with Crippen molar-refractivity contribution in [3.8, 4) is 0 Å². The van der Waals surface area contributed by atoms with E-state index in [1.54, 1.807) is 0 Å². The first kappa shape index (κ1) is 17.2. The van der Waals surface area contributed by atoms with Gasteiger partial charge in [-0.05, 0) is 49.7 Å². The molecule has 5 heteroatoms. The quantitative estimate of drug-likeness (QED) is 0.752. The largest absolute Gasteiger partial charge is 0.384 e. The van der Waals surface area contributed by atoms with Gasteiger partial charge in [0.05, 0.1) is 12.2 Å². The van der Waals surface area contributed by atoms with Gasteiger partial charge in [0, 0.05) is 25.4 Å². The van der Waals surface area contributed by atoms with E-state index in [-0.39, 0.29) is 5.91 Å². The summed E-state index contributed by atoms with van der Waals surface area (Å²) in [4.78, 5) is 17.8. The van der Waals surface area contributed by atoms with E-state index in [0.29, 0.717) is 24.0 Å². The van der Waals surface area contributed by atoms with Crippen LogP contribution in [0, 0.1) is 11.8 Å². The van der Waals surface area contributed by atoms with Crippen LogP contribution >= 0.6 is 0 Å². The molecule has 1 aliphatic carbocycles. The topological polar surface area (TPSA) is 59.6 Å². The molecule has 1 amide bonds. The van der Waals surface area contributed by atoms with Gasteiger partial charge in [-0.25, -0.2) is 5.48 Å². The fourth-order valence-electron chi connectivity index (χ4n) is 3.50. The van der Waals surface area contributed by atoms with Gasteiger partial charge in [0.25, 0.3) is 5.91 Å². The van der Waals surface area contributed by atoms with E-state index in [0.717, 1.165) is 38.3 Å². The van der Waals surface area contributed by atoms with Gasteiger partial charge in [0.15, 0.2) is 0 Å². The molecule has 2 N–H and O–H groups in total. The molecule has 2 aliphatic rings. The van der Waals surface area contributed by atoms with E-state index in [1.165, 1.54) is 25.7 Å². The number of amides is 1. The highest BCUT2D eigenvalue weighted by atomic mass is 16.6. The van der Waals surface area contributed by atoms with Crippen LogP contribution in [0.25, 0.3) is 0 Å². The molecule has 3 rings (SSSR count). The van der Waals surface area contributed by atoms with E-state index >= 15 is 0 Å². The third-order valence-electron chi connectivity index (χ3n) is 5.05. The predicted molar refractivity (Wildman–Crippen MR) is 93.9 cm³/mol. The number of anilines is 1. The Bertz CT molecular complexity index is 523. The number of ether oxygens (including phenoxy) is 1. The summed E-state index contributed by atoms with van der Waals surface area (Å²) >= 11 is 0. The Balaban J connectivity index is 1.49. The molecule has 1 heterocycles. The normalized spacial score (nSPS) is 19.3. The van der Waals surface area contributed by atoms with Crippen LogP contribution in [0.5, 0.6) is 0 Å². The number of hydrogen-bond donors (Lipinski definition) is 2. The van der Waals surface area contributed by atoms with Gasteiger partial charge >= 0.3 is 0 Å². The highest BCUT2D eigenvalue weighted by Gasteiger charge is 2.18. The smallest absolute Gasteiger partial charge is 0.276 e. The summed E-state index contributed by atoms with van der Waals surface area (Å²) in [6, 6.07) is 7.61. The second-order valence-electron chi connectivity index (χ2n) is 6.87. The summed E-state index contributed by atoms with van der Waals surface area (Å²) in [5, 5.41) is 3.42. The van der Waals surface area contributed by atoms with Crippen LogP contribution in [0.1, 0.15) is 48.9 Å². The van der Waals surface area contributed by atoms with Gasteiger partial charge in [-0.15, -0.1) is 0 Å². The molecule has 0 bridgehead atoms. The van der Waals surface area contributed by atoms with Crippen molar-refractivity contribution in [2.45, 2.75) is 38.5 Å². The minimum absolute atomic E-state index is 0.178. The van der Waals surface area contributed by atoms with Crippen LogP contribution in [0.15, 0.2) is 24.3 Å².